The van der Waals surface area contributed by atoms with Crippen LogP contribution in [0.1, 0.15) is 22.5 Å². The molecule has 1 aromatic carbocycles. The topological polar surface area (TPSA) is 86.3 Å². The van der Waals surface area contributed by atoms with Gasteiger partial charge in [0.25, 0.3) is 5.91 Å². The first-order valence-electron chi connectivity index (χ1n) is 6.74. The molecule has 1 heterocycles. The van der Waals surface area contributed by atoms with Crippen LogP contribution in [0.4, 0.5) is 0 Å². The largest absolute Gasteiger partial charge is 0.507 e. The molecule has 0 spiro atoms. The van der Waals surface area contributed by atoms with Gasteiger partial charge in [-0.1, -0.05) is 0 Å². The van der Waals surface area contributed by atoms with E-state index in [0.717, 1.165) is 0 Å². The van der Waals surface area contributed by atoms with Crippen molar-refractivity contribution in [2.24, 2.45) is 0 Å². The number of carbonyl (C=O) groups is 1. The Morgan fingerprint density at radius 2 is 2.09 bits per heavy atom. The smallest absolute Gasteiger partial charge is 0.262 e. The van der Waals surface area contributed by atoms with E-state index in [1.165, 1.54) is 12.3 Å². The summed E-state index contributed by atoms with van der Waals surface area (Å²) in [6.45, 7) is 3.75. The summed E-state index contributed by atoms with van der Waals surface area (Å²) in [4.78, 5) is 12.0. The fraction of sp³-hybridized carbons (Fsp3) is 0.176. The second kappa shape index (κ2) is 6.64. The van der Waals surface area contributed by atoms with Gasteiger partial charge in [-0.05, 0) is 60.9 Å². The van der Waals surface area contributed by atoms with Gasteiger partial charge in [0.2, 0.25) is 0 Å². The zero-order valence-electron chi connectivity index (χ0n) is 12.4. The van der Waals surface area contributed by atoms with Crippen LogP contribution in [-0.2, 0) is 11.3 Å². The van der Waals surface area contributed by atoms with Crippen LogP contribution in [-0.4, -0.2) is 11.0 Å². The summed E-state index contributed by atoms with van der Waals surface area (Å²) in [5, 5.41) is 21.5. The predicted molar refractivity (Wildman–Crippen MR) is 81.7 cm³/mol. The Labute approximate surface area is 128 Å². The Hall–Kier alpha value is -3.00. The number of aromatic hydroxyl groups is 1. The van der Waals surface area contributed by atoms with Gasteiger partial charge >= 0.3 is 0 Å². The molecule has 112 valence electrons. The van der Waals surface area contributed by atoms with E-state index in [2.05, 4.69) is 5.32 Å². The summed E-state index contributed by atoms with van der Waals surface area (Å²) in [5.74, 6) is 0.363. The number of furan rings is 1. The number of amides is 1. The van der Waals surface area contributed by atoms with Crippen molar-refractivity contribution in [3.8, 4) is 11.8 Å². The molecule has 0 saturated carbocycles. The van der Waals surface area contributed by atoms with Gasteiger partial charge in [-0.15, -0.1) is 0 Å². The number of rotatable bonds is 4. The number of nitriles is 1. The molecular weight excluding hydrogens is 280 g/mol. The Balaban J connectivity index is 2.16. The molecule has 1 aromatic heterocycles. The number of nitrogens with zero attached hydrogens (tertiary/aromatic N) is 1. The summed E-state index contributed by atoms with van der Waals surface area (Å²) in [6, 6.07) is 8.80. The van der Waals surface area contributed by atoms with Crippen LogP contribution >= 0.6 is 0 Å². The first kappa shape index (κ1) is 15.4. The van der Waals surface area contributed by atoms with E-state index in [-0.39, 0.29) is 17.9 Å². The van der Waals surface area contributed by atoms with E-state index in [1.807, 2.05) is 6.07 Å². The maximum atomic E-state index is 12.0. The molecule has 0 unspecified atom stereocenters. The van der Waals surface area contributed by atoms with Crippen molar-refractivity contribution in [2.75, 3.05) is 0 Å². The standard InChI is InChI=1S/C17H16N2O3/c1-11-6-13(7-12(2)16(11)20)8-14(9-18)17(21)19-10-15-4-3-5-22-15/h3-8,20H,10H2,1-2H3,(H,19,21)/b14-8+. The molecule has 2 aromatic rings. The molecule has 2 rings (SSSR count). The van der Waals surface area contributed by atoms with Crippen molar-refractivity contribution in [3.05, 3.63) is 58.6 Å². The van der Waals surface area contributed by atoms with E-state index in [1.54, 1.807) is 38.1 Å². The second-order valence-corrected chi connectivity index (χ2v) is 4.94. The van der Waals surface area contributed by atoms with Gasteiger partial charge in [-0.25, -0.2) is 0 Å². The summed E-state index contributed by atoms with van der Waals surface area (Å²) in [5.41, 5.74) is 2.08. The predicted octanol–water partition coefficient (Wildman–Crippen LogP) is 2.83. The Morgan fingerprint density at radius 3 is 2.64 bits per heavy atom. The number of aryl methyl sites for hydroxylation is 2. The second-order valence-electron chi connectivity index (χ2n) is 4.94. The maximum Gasteiger partial charge on any atom is 0.262 e. The molecule has 0 atom stereocenters. The van der Waals surface area contributed by atoms with Crippen LogP contribution in [0, 0.1) is 25.2 Å². The molecule has 1 amide bonds. The summed E-state index contributed by atoms with van der Waals surface area (Å²) in [6.07, 6.45) is 3.02. The minimum atomic E-state index is -0.470. The molecule has 5 nitrogen and oxygen atoms in total. The van der Waals surface area contributed by atoms with Crippen LogP contribution in [0.15, 0.2) is 40.5 Å². The van der Waals surface area contributed by atoms with Crippen molar-refractivity contribution >= 4 is 12.0 Å². The van der Waals surface area contributed by atoms with Gasteiger partial charge in [0, 0.05) is 0 Å². The number of carbonyl (C=O) groups excluding carboxylic acids is 1. The molecule has 0 aliphatic rings. The highest BCUT2D eigenvalue weighted by Crippen LogP contribution is 2.24. The third kappa shape index (κ3) is 3.55. The molecule has 0 aliphatic heterocycles. The number of hydrogen-bond donors (Lipinski definition) is 2. The first-order chi connectivity index (χ1) is 10.5. The zero-order valence-corrected chi connectivity index (χ0v) is 12.4. The normalized spacial score (nSPS) is 11.0. The highest BCUT2D eigenvalue weighted by molar-refractivity contribution is 6.01. The van der Waals surface area contributed by atoms with Crippen LogP contribution in [0.25, 0.3) is 6.08 Å². The monoisotopic (exact) mass is 296 g/mol. The van der Waals surface area contributed by atoms with Crippen molar-refractivity contribution in [2.45, 2.75) is 20.4 Å². The van der Waals surface area contributed by atoms with Crippen molar-refractivity contribution in [3.63, 3.8) is 0 Å². The molecule has 0 radical (unpaired) electrons. The lowest BCUT2D eigenvalue weighted by Gasteiger charge is -2.06. The van der Waals surface area contributed by atoms with Crippen LogP contribution < -0.4 is 5.32 Å². The van der Waals surface area contributed by atoms with E-state index in [4.69, 9.17) is 9.68 Å². The van der Waals surface area contributed by atoms with Crippen molar-refractivity contribution in [1.29, 1.82) is 5.26 Å². The first-order valence-corrected chi connectivity index (χ1v) is 6.74. The SMILES string of the molecule is Cc1cc(/C=C(\C#N)C(=O)NCc2ccco2)cc(C)c1O. The van der Waals surface area contributed by atoms with Gasteiger partial charge in [0.1, 0.15) is 23.2 Å². The molecule has 0 saturated heterocycles. The number of nitrogens with one attached hydrogen (secondary N) is 1. The average Bonchev–Trinajstić information content (AvgIpc) is 3.01. The van der Waals surface area contributed by atoms with Crippen LogP contribution in [0.3, 0.4) is 0 Å². The Kier molecular flexibility index (Phi) is 4.64. The minimum absolute atomic E-state index is 0.00366. The summed E-state index contributed by atoms with van der Waals surface area (Å²) >= 11 is 0. The van der Waals surface area contributed by atoms with Crippen LogP contribution in [0.2, 0.25) is 0 Å². The lowest BCUT2D eigenvalue weighted by Crippen LogP contribution is -2.23. The van der Waals surface area contributed by atoms with Gasteiger partial charge in [-0.3, -0.25) is 4.79 Å². The molecule has 2 N–H and O–H groups in total. The van der Waals surface area contributed by atoms with Crippen LogP contribution in [0.5, 0.6) is 5.75 Å². The van der Waals surface area contributed by atoms with Gasteiger partial charge < -0.3 is 14.8 Å². The Bertz CT molecular complexity index is 730. The summed E-state index contributed by atoms with van der Waals surface area (Å²) < 4.78 is 5.12. The molecule has 0 bridgehead atoms. The highest BCUT2D eigenvalue weighted by Gasteiger charge is 2.10. The van der Waals surface area contributed by atoms with Crippen molar-refractivity contribution in [1.82, 2.24) is 5.32 Å². The van der Waals surface area contributed by atoms with Crippen molar-refractivity contribution < 1.29 is 14.3 Å². The van der Waals surface area contributed by atoms with E-state index >= 15 is 0 Å². The van der Waals surface area contributed by atoms with Gasteiger partial charge in [-0.2, -0.15) is 5.26 Å². The number of phenols is 1. The molecular formula is C17H16N2O3. The average molecular weight is 296 g/mol. The molecule has 5 heteroatoms. The van der Waals surface area contributed by atoms with E-state index in [0.29, 0.717) is 22.5 Å². The van der Waals surface area contributed by atoms with E-state index in [9.17, 15) is 9.90 Å². The number of benzene rings is 1. The fourth-order valence-corrected chi connectivity index (χ4v) is 2.06. The molecule has 0 fully saturated rings. The Morgan fingerprint density at radius 1 is 1.41 bits per heavy atom. The zero-order chi connectivity index (χ0) is 16.1. The molecule has 0 aliphatic carbocycles. The third-order valence-corrected chi connectivity index (χ3v) is 3.19. The summed E-state index contributed by atoms with van der Waals surface area (Å²) in [7, 11) is 0. The maximum absolute atomic E-state index is 12.0. The highest BCUT2D eigenvalue weighted by atomic mass is 16.3. The quantitative estimate of drug-likeness (QED) is 0.671. The van der Waals surface area contributed by atoms with E-state index < -0.39 is 5.91 Å². The lowest BCUT2D eigenvalue weighted by molar-refractivity contribution is -0.117. The fourth-order valence-electron chi connectivity index (χ4n) is 2.06. The lowest BCUT2D eigenvalue weighted by atomic mass is 10.0. The minimum Gasteiger partial charge on any atom is -0.507 e. The third-order valence-electron chi connectivity index (χ3n) is 3.19. The number of hydrogen-bond acceptors (Lipinski definition) is 4. The van der Waals surface area contributed by atoms with Gasteiger partial charge in [0.15, 0.2) is 0 Å². The molecule has 22 heavy (non-hydrogen) atoms. The van der Waals surface area contributed by atoms with Gasteiger partial charge in [0.05, 0.1) is 12.8 Å². The number of phenolic OH excluding ortho intramolecular Hbond substituents is 1.